The molecule has 0 aliphatic carbocycles. The molecule has 0 spiro atoms. The van der Waals surface area contributed by atoms with Crippen molar-refractivity contribution in [2.24, 2.45) is 0 Å². The van der Waals surface area contributed by atoms with Gasteiger partial charge in [-0.3, -0.25) is 10.1 Å². The number of anilines is 1. The van der Waals surface area contributed by atoms with E-state index in [1.165, 1.54) is 12.1 Å². The van der Waals surface area contributed by atoms with Gasteiger partial charge in [-0.05, 0) is 37.1 Å². The van der Waals surface area contributed by atoms with Crippen LogP contribution in [-0.4, -0.2) is 28.0 Å². The Bertz CT molecular complexity index is 1010. The molecule has 0 amide bonds. The molecule has 3 aromatic rings. The summed E-state index contributed by atoms with van der Waals surface area (Å²) in [7, 11) is 0. The minimum absolute atomic E-state index is 0.111. The van der Waals surface area contributed by atoms with Gasteiger partial charge in [-0.2, -0.15) is 0 Å². The summed E-state index contributed by atoms with van der Waals surface area (Å²) >= 11 is 0. The van der Waals surface area contributed by atoms with Crippen LogP contribution in [0.25, 0.3) is 11.3 Å². The van der Waals surface area contributed by atoms with Crippen molar-refractivity contribution in [2.75, 3.05) is 18.0 Å². The lowest BCUT2D eigenvalue weighted by Crippen LogP contribution is -2.33. The number of hydrogen-bond acceptors (Lipinski definition) is 4. The molecule has 2 heterocycles. The van der Waals surface area contributed by atoms with Gasteiger partial charge in [0, 0.05) is 30.6 Å². The van der Waals surface area contributed by atoms with Crippen LogP contribution >= 0.6 is 0 Å². The summed E-state index contributed by atoms with van der Waals surface area (Å²) in [6, 6.07) is 10.5. The second kappa shape index (κ2) is 7.38. The third-order valence-corrected chi connectivity index (χ3v) is 5.13. The molecule has 2 aromatic carbocycles. The highest BCUT2D eigenvalue weighted by Gasteiger charge is 2.26. The molecule has 0 atom stereocenters. The summed E-state index contributed by atoms with van der Waals surface area (Å²) in [5, 5.41) is 11.2. The molecule has 6 nitrogen and oxygen atoms in total. The third-order valence-electron chi connectivity index (χ3n) is 5.13. The predicted molar refractivity (Wildman–Crippen MR) is 101 cm³/mol. The van der Waals surface area contributed by atoms with Crippen LogP contribution in [0.5, 0.6) is 0 Å². The van der Waals surface area contributed by atoms with Gasteiger partial charge in [-0.1, -0.05) is 12.1 Å². The Morgan fingerprint density at radius 2 is 1.86 bits per heavy atom. The second-order valence-corrected chi connectivity index (χ2v) is 6.82. The fourth-order valence-corrected chi connectivity index (χ4v) is 3.63. The van der Waals surface area contributed by atoms with Crippen LogP contribution in [0.2, 0.25) is 0 Å². The van der Waals surface area contributed by atoms with Crippen LogP contribution in [0.15, 0.2) is 48.7 Å². The number of rotatable bonds is 4. The quantitative estimate of drug-likeness (QED) is 0.525. The van der Waals surface area contributed by atoms with Crippen LogP contribution in [-0.2, 0) is 0 Å². The maximum Gasteiger partial charge on any atom is 0.292 e. The molecule has 0 unspecified atom stereocenters. The number of piperidine rings is 1. The van der Waals surface area contributed by atoms with Crippen molar-refractivity contribution >= 4 is 11.4 Å². The average Bonchev–Trinajstić information content (AvgIpc) is 3.20. The van der Waals surface area contributed by atoms with E-state index in [1.54, 1.807) is 24.4 Å². The molecule has 4 rings (SSSR count). The van der Waals surface area contributed by atoms with Gasteiger partial charge in [-0.15, -0.1) is 0 Å². The van der Waals surface area contributed by atoms with Crippen LogP contribution in [0.1, 0.15) is 24.6 Å². The lowest BCUT2D eigenvalue weighted by molar-refractivity contribution is -0.384. The zero-order chi connectivity index (χ0) is 19.7. The number of hydrogen-bond donors (Lipinski definition) is 1. The Kier molecular flexibility index (Phi) is 4.77. The minimum atomic E-state index is -0.897. The summed E-state index contributed by atoms with van der Waals surface area (Å²) in [6.07, 6.45) is 3.20. The van der Waals surface area contributed by atoms with Crippen molar-refractivity contribution in [3.8, 4) is 11.3 Å². The van der Waals surface area contributed by atoms with Crippen molar-refractivity contribution in [1.29, 1.82) is 0 Å². The van der Waals surface area contributed by atoms with E-state index >= 15 is 0 Å². The summed E-state index contributed by atoms with van der Waals surface area (Å²) in [5.74, 6) is -0.808. The number of nitro benzene ring substituents is 1. The first kappa shape index (κ1) is 18.1. The maximum absolute atomic E-state index is 13.5. The Hall–Kier alpha value is -3.29. The Labute approximate surface area is 160 Å². The number of nitrogens with one attached hydrogen (secondary N) is 1. The highest BCUT2D eigenvalue weighted by atomic mass is 19.2. The molecule has 8 heteroatoms. The van der Waals surface area contributed by atoms with Gasteiger partial charge in [0.05, 0.1) is 16.8 Å². The zero-order valence-electron chi connectivity index (χ0n) is 14.9. The molecule has 0 radical (unpaired) electrons. The monoisotopic (exact) mass is 384 g/mol. The molecule has 1 N–H and O–H groups in total. The summed E-state index contributed by atoms with van der Waals surface area (Å²) in [6.45, 7) is 1.35. The fraction of sp³-hybridized carbons (Fsp3) is 0.250. The van der Waals surface area contributed by atoms with Crippen LogP contribution < -0.4 is 4.90 Å². The Balaban J connectivity index is 1.47. The second-order valence-electron chi connectivity index (χ2n) is 6.82. The first-order valence-corrected chi connectivity index (χ1v) is 9.01. The molecular weight excluding hydrogens is 366 g/mol. The lowest BCUT2D eigenvalue weighted by atomic mass is 9.95. The summed E-state index contributed by atoms with van der Waals surface area (Å²) in [4.78, 5) is 20.5. The van der Waals surface area contributed by atoms with Crippen molar-refractivity contribution in [2.45, 2.75) is 18.8 Å². The summed E-state index contributed by atoms with van der Waals surface area (Å²) < 4.78 is 26.6. The average molecular weight is 384 g/mol. The van der Waals surface area contributed by atoms with Crippen LogP contribution in [0.3, 0.4) is 0 Å². The van der Waals surface area contributed by atoms with Crippen molar-refractivity contribution in [3.05, 3.63) is 76.2 Å². The smallest absolute Gasteiger partial charge is 0.292 e. The SMILES string of the molecule is O=[N+]([O-])c1ccccc1N1CCC(c2ncc(-c3ccc(F)c(F)c3)[nH]2)CC1. The largest absolute Gasteiger partial charge is 0.366 e. The van der Waals surface area contributed by atoms with Crippen molar-refractivity contribution in [3.63, 3.8) is 0 Å². The van der Waals surface area contributed by atoms with Gasteiger partial charge in [0.2, 0.25) is 0 Å². The Morgan fingerprint density at radius 3 is 2.57 bits per heavy atom. The zero-order valence-corrected chi connectivity index (χ0v) is 14.9. The maximum atomic E-state index is 13.5. The molecule has 1 fully saturated rings. The molecule has 1 aromatic heterocycles. The van der Waals surface area contributed by atoms with E-state index in [9.17, 15) is 18.9 Å². The standard InChI is InChI=1S/C20H18F2N4O2/c21-15-6-5-14(11-16(15)22)17-12-23-20(24-17)13-7-9-25(10-8-13)18-3-1-2-4-19(18)26(27)28/h1-6,11-13H,7-10H2,(H,23,24). The lowest BCUT2D eigenvalue weighted by Gasteiger charge is -2.32. The van der Waals surface area contributed by atoms with Gasteiger partial charge in [0.1, 0.15) is 11.5 Å². The van der Waals surface area contributed by atoms with Crippen molar-refractivity contribution < 1.29 is 13.7 Å². The number of aromatic amines is 1. The number of nitrogens with zero attached hydrogens (tertiary/aromatic N) is 3. The van der Waals surface area contributed by atoms with Crippen LogP contribution in [0.4, 0.5) is 20.2 Å². The number of aromatic nitrogens is 2. The first-order chi connectivity index (χ1) is 13.5. The topological polar surface area (TPSA) is 75.1 Å². The van der Waals surface area contributed by atoms with Gasteiger partial charge in [-0.25, -0.2) is 13.8 Å². The van der Waals surface area contributed by atoms with Gasteiger partial charge in [0.25, 0.3) is 5.69 Å². The molecular formula is C20H18F2N4O2. The minimum Gasteiger partial charge on any atom is -0.366 e. The number of H-pyrrole nitrogens is 1. The third kappa shape index (κ3) is 3.45. The van der Waals surface area contributed by atoms with Crippen LogP contribution in [0, 0.1) is 21.7 Å². The molecule has 0 bridgehead atoms. The number of benzene rings is 2. The number of halogens is 2. The normalized spacial score (nSPS) is 15.0. The predicted octanol–water partition coefficient (Wildman–Crippen LogP) is 4.65. The molecule has 1 saturated heterocycles. The summed E-state index contributed by atoms with van der Waals surface area (Å²) in [5.41, 5.74) is 1.91. The van der Waals surface area contributed by atoms with E-state index in [0.29, 0.717) is 30.0 Å². The highest BCUT2D eigenvalue weighted by molar-refractivity contribution is 5.63. The van der Waals surface area contributed by atoms with E-state index < -0.39 is 11.6 Å². The molecule has 0 saturated carbocycles. The van der Waals surface area contributed by atoms with Gasteiger partial charge < -0.3 is 9.88 Å². The van der Waals surface area contributed by atoms with Crippen molar-refractivity contribution in [1.82, 2.24) is 9.97 Å². The van der Waals surface area contributed by atoms with E-state index in [2.05, 4.69) is 9.97 Å². The molecule has 1 aliphatic heterocycles. The van der Waals surface area contributed by atoms with E-state index in [0.717, 1.165) is 30.8 Å². The molecule has 144 valence electrons. The van der Waals surface area contributed by atoms with E-state index in [1.807, 2.05) is 4.90 Å². The highest BCUT2D eigenvalue weighted by Crippen LogP contribution is 2.34. The fourth-order valence-electron chi connectivity index (χ4n) is 3.63. The number of para-hydroxylation sites is 2. The Morgan fingerprint density at radius 1 is 1.11 bits per heavy atom. The number of imidazole rings is 1. The van der Waals surface area contributed by atoms with E-state index in [4.69, 9.17) is 0 Å². The number of nitro groups is 1. The van der Waals surface area contributed by atoms with Gasteiger partial charge in [0.15, 0.2) is 11.6 Å². The van der Waals surface area contributed by atoms with Gasteiger partial charge >= 0.3 is 0 Å². The first-order valence-electron chi connectivity index (χ1n) is 9.01. The van der Waals surface area contributed by atoms with E-state index in [-0.39, 0.29) is 16.5 Å². The molecule has 1 aliphatic rings. The molecule has 28 heavy (non-hydrogen) atoms.